The van der Waals surface area contributed by atoms with Gasteiger partial charge in [0, 0.05) is 44.2 Å². The molecule has 2 aromatic carbocycles. The topological polar surface area (TPSA) is 81.9 Å². The molecule has 0 spiro atoms. The summed E-state index contributed by atoms with van der Waals surface area (Å²) in [6, 6.07) is 7.80. The van der Waals surface area contributed by atoms with Gasteiger partial charge in [0.15, 0.2) is 17.5 Å². The first kappa shape index (κ1) is 24.5. The van der Waals surface area contributed by atoms with E-state index in [1.54, 1.807) is 42.2 Å². The third-order valence-electron chi connectivity index (χ3n) is 4.70. The zero-order chi connectivity index (χ0) is 22.5. The zero-order valence-electron chi connectivity index (χ0n) is 17.4. The molecule has 33 heavy (non-hydrogen) atoms. The van der Waals surface area contributed by atoms with Crippen LogP contribution in [0.25, 0.3) is 5.69 Å². The number of hydrogen-bond donors (Lipinski definition) is 2. The predicted octanol–water partition coefficient (Wildman–Crippen LogP) is 3.82. The Balaban J connectivity index is 0.00000306. The fourth-order valence-electron chi connectivity index (χ4n) is 3.17. The fraction of sp³-hybridized carbons (Fsp3) is 0.238. The summed E-state index contributed by atoms with van der Waals surface area (Å²) >= 11 is 0. The minimum Gasteiger partial charge on any atom is -0.454 e. The van der Waals surface area contributed by atoms with Crippen molar-refractivity contribution < 1.29 is 27.4 Å². The van der Waals surface area contributed by atoms with Gasteiger partial charge in [0.2, 0.25) is 6.79 Å². The summed E-state index contributed by atoms with van der Waals surface area (Å²) in [4.78, 5) is 8.02. The quantitative estimate of drug-likeness (QED) is 0.254. The minimum absolute atomic E-state index is 0. The standard InChI is InChI=1S/C21H20F3N5O3.HI/c1-25-21(27-9-13-2-3-16(15(22)6-13)29-5-4-26-11-29)28-10-14-7-18-19(31-12-30-18)8-17(14)32-20(23)24;/h2-8,11,20H,9-10,12H2,1H3,(H2,25,27,28);1H. The van der Waals surface area contributed by atoms with Gasteiger partial charge in [0.1, 0.15) is 11.6 Å². The van der Waals surface area contributed by atoms with E-state index in [0.29, 0.717) is 40.8 Å². The van der Waals surface area contributed by atoms with Gasteiger partial charge in [0.25, 0.3) is 0 Å². The Morgan fingerprint density at radius 1 is 1.18 bits per heavy atom. The Morgan fingerprint density at radius 3 is 2.61 bits per heavy atom. The molecule has 0 radical (unpaired) electrons. The fourth-order valence-corrected chi connectivity index (χ4v) is 3.17. The van der Waals surface area contributed by atoms with Crippen LogP contribution in [0.5, 0.6) is 17.2 Å². The number of aromatic nitrogens is 2. The van der Waals surface area contributed by atoms with Crippen molar-refractivity contribution in [2.75, 3.05) is 13.8 Å². The van der Waals surface area contributed by atoms with Crippen molar-refractivity contribution in [1.29, 1.82) is 0 Å². The van der Waals surface area contributed by atoms with E-state index in [1.165, 1.54) is 18.5 Å². The van der Waals surface area contributed by atoms with Crippen molar-refractivity contribution in [3.63, 3.8) is 0 Å². The minimum atomic E-state index is -2.98. The lowest BCUT2D eigenvalue weighted by Gasteiger charge is -2.15. The van der Waals surface area contributed by atoms with Crippen molar-refractivity contribution >= 4 is 29.9 Å². The number of halogens is 4. The van der Waals surface area contributed by atoms with E-state index in [-0.39, 0.29) is 48.9 Å². The lowest BCUT2D eigenvalue weighted by atomic mass is 10.1. The Kier molecular flexibility index (Phi) is 8.25. The van der Waals surface area contributed by atoms with Gasteiger partial charge in [-0.1, -0.05) is 6.07 Å². The predicted molar refractivity (Wildman–Crippen MR) is 125 cm³/mol. The summed E-state index contributed by atoms with van der Waals surface area (Å²) in [5, 5.41) is 6.08. The third-order valence-corrected chi connectivity index (χ3v) is 4.70. The van der Waals surface area contributed by atoms with Crippen LogP contribution in [0.3, 0.4) is 0 Å². The molecule has 0 saturated heterocycles. The van der Waals surface area contributed by atoms with Gasteiger partial charge in [-0.25, -0.2) is 9.37 Å². The van der Waals surface area contributed by atoms with E-state index in [4.69, 9.17) is 9.47 Å². The summed E-state index contributed by atoms with van der Waals surface area (Å²) in [7, 11) is 1.56. The van der Waals surface area contributed by atoms with Crippen LogP contribution in [0.15, 0.2) is 54.0 Å². The highest BCUT2D eigenvalue weighted by atomic mass is 127. The molecule has 176 valence electrons. The number of ether oxygens (including phenoxy) is 3. The molecule has 4 rings (SSSR count). The second-order valence-corrected chi connectivity index (χ2v) is 6.73. The zero-order valence-corrected chi connectivity index (χ0v) is 19.8. The molecule has 0 bridgehead atoms. The van der Waals surface area contributed by atoms with E-state index in [2.05, 4.69) is 25.3 Å². The maximum absolute atomic E-state index is 14.4. The lowest BCUT2D eigenvalue weighted by molar-refractivity contribution is -0.0505. The van der Waals surface area contributed by atoms with Crippen molar-refractivity contribution in [2.24, 2.45) is 4.99 Å². The highest BCUT2D eigenvalue weighted by Gasteiger charge is 2.20. The van der Waals surface area contributed by atoms with E-state index >= 15 is 0 Å². The summed E-state index contributed by atoms with van der Waals surface area (Å²) in [5.74, 6) is 0.765. The van der Waals surface area contributed by atoms with Crippen LogP contribution in [0, 0.1) is 5.82 Å². The van der Waals surface area contributed by atoms with Gasteiger partial charge in [-0.2, -0.15) is 8.78 Å². The van der Waals surface area contributed by atoms with Crippen molar-refractivity contribution in [1.82, 2.24) is 20.2 Å². The molecule has 1 aliphatic heterocycles. The Labute approximate surface area is 204 Å². The van der Waals surface area contributed by atoms with Crippen molar-refractivity contribution in [3.05, 3.63) is 66.0 Å². The summed E-state index contributed by atoms with van der Waals surface area (Å²) in [5.41, 5.74) is 1.52. The monoisotopic (exact) mass is 575 g/mol. The van der Waals surface area contributed by atoms with Gasteiger partial charge in [0.05, 0.1) is 12.0 Å². The van der Waals surface area contributed by atoms with Crippen LogP contribution in [0.1, 0.15) is 11.1 Å². The number of alkyl halides is 2. The number of rotatable bonds is 7. The van der Waals surface area contributed by atoms with Crippen LogP contribution in [-0.2, 0) is 13.1 Å². The smallest absolute Gasteiger partial charge is 0.387 e. The van der Waals surface area contributed by atoms with Crippen LogP contribution in [0.4, 0.5) is 13.2 Å². The molecular weight excluding hydrogens is 554 g/mol. The molecule has 0 saturated carbocycles. The molecule has 2 heterocycles. The maximum Gasteiger partial charge on any atom is 0.387 e. The van der Waals surface area contributed by atoms with Crippen molar-refractivity contribution in [2.45, 2.75) is 19.7 Å². The number of guanidine groups is 1. The van der Waals surface area contributed by atoms with Crippen LogP contribution < -0.4 is 24.8 Å². The summed E-state index contributed by atoms with van der Waals surface area (Å²) in [6.45, 7) is -2.54. The Bertz CT molecular complexity index is 1110. The largest absolute Gasteiger partial charge is 0.454 e. The van der Waals surface area contributed by atoms with E-state index in [1.807, 2.05) is 0 Å². The van der Waals surface area contributed by atoms with Gasteiger partial charge < -0.3 is 29.4 Å². The molecule has 0 amide bonds. The first-order valence-corrected chi connectivity index (χ1v) is 9.62. The van der Waals surface area contributed by atoms with Gasteiger partial charge in [-0.05, 0) is 23.8 Å². The molecule has 3 aromatic rings. The normalized spacial score (nSPS) is 12.5. The average molecular weight is 575 g/mol. The first-order valence-electron chi connectivity index (χ1n) is 9.62. The molecule has 0 unspecified atom stereocenters. The molecule has 1 aliphatic rings. The second kappa shape index (κ2) is 11.1. The SMILES string of the molecule is CN=C(NCc1ccc(-n2ccnc2)c(F)c1)NCc1cc2c(cc1OC(F)F)OCO2.I. The second-order valence-electron chi connectivity index (χ2n) is 6.73. The summed E-state index contributed by atoms with van der Waals surface area (Å²) in [6.07, 6.45) is 4.75. The third kappa shape index (κ3) is 6.00. The van der Waals surface area contributed by atoms with Gasteiger partial charge in [-0.3, -0.25) is 4.99 Å². The first-order chi connectivity index (χ1) is 15.5. The van der Waals surface area contributed by atoms with Crippen LogP contribution in [-0.4, -0.2) is 36.0 Å². The lowest BCUT2D eigenvalue weighted by Crippen LogP contribution is -2.36. The molecule has 0 atom stereocenters. The van der Waals surface area contributed by atoms with Crippen LogP contribution >= 0.6 is 24.0 Å². The van der Waals surface area contributed by atoms with E-state index in [0.717, 1.165) is 0 Å². The molecule has 8 nitrogen and oxygen atoms in total. The molecule has 2 N–H and O–H groups in total. The maximum atomic E-state index is 14.4. The number of nitrogens with zero attached hydrogens (tertiary/aromatic N) is 3. The highest BCUT2D eigenvalue weighted by Crippen LogP contribution is 2.38. The van der Waals surface area contributed by atoms with Gasteiger partial charge >= 0.3 is 6.61 Å². The Hall–Kier alpha value is -3.16. The molecular formula is C21H21F3IN5O3. The van der Waals surface area contributed by atoms with Crippen molar-refractivity contribution in [3.8, 4) is 22.9 Å². The number of nitrogens with one attached hydrogen (secondary N) is 2. The van der Waals surface area contributed by atoms with E-state index in [9.17, 15) is 13.2 Å². The number of aliphatic imine (C=N–C) groups is 1. The molecule has 12 heteroatoms. The molecule has 0 aliphatic carbocycles. The average Bonchev–Trinajstić information content (AvgIpc) is 3.45. The molecule has 0 fully saturated rings. The van der Waals surface area contributed by atoms with Gasteiger partial charge in [-0.15, -0.1) is 24.0 Å². The Morgan fingerprint density at radius 2 is 1.94 bits per heavy atom. The number of hydrogen-bond acceptors (Lipinski definition) is 5. The number of benzene rings is 2. The van der Waals surface area contributed by atoms with E-state index < -0.39 is 6.61 Å². The van der Waals surface area contributed by atoms with Crippen LogP contribution in [0.2, 0.25) is 0 Å². The summed E-state index contributed by atoms with van der Waals surface area (Å²) < 4.78 is 56.7. The number of fused-ring (bicyclic) bond motifs is 1. The highest BCUT2D eigenvalue weighted by molar-refractivity contribution is 14.0. The molecule has 1 aromatic heterocycles. The number of imidazole rings is 1.